The second-order valence-electron chi connectivity index (χ2n) is 6.32. The Bertz CT molecular complexity index is 411. The first-order chi connectivity index (χ1) is 9.59. The van der Waals surface area contributed by atoms with Crippen molar-refractivity contribution in [3.05, 3.63) is 29.8 Å². The summed E-state index contributed by atoms with van der Waals surface area (Å²) in [5.41, 5.74) is 2.57. The maximum atomic E-state index is 5.44. The van der Waals surface area contributed by atoms with E-state index >= 15 is 0 Å². The fraction of sp³-hybridized carbons (Fsp3) is 0.647. The molecule has 1 heterocycles. The zero-order chi connectivity index (χ0) is 14.4. The monoisotopic (exact) mass is 276 g/mol. The number of hydrogen-bond donors (Lipinski definition) is 1. The molecule has 0 aromatic heterocycles. The minimum Gasteiger partial charge on any atom is -0.385 e. The normalized spacial score (nSPS) is 16.6. The van der Waals surface area contributed by atoms with E-state index in [1.54, 1.807) is 7.11 Å². The third kappa shape index (κ3) is 4.80. The number of anilines is 1. The highest BCUT2D eigenvalue weighted by Crippen LogP contribution is 2.17. The minimum atomic E-state index is -0.0554. The van der Waals surface area contributed by atoms with Gasteiger partial charge in [-0.15, -0.1) is 0 Å². The number of nitrogens with one attached hydrogen (secondary N) is 1. The number of rotatable bonds is 7. The summed E-state index contributed by atoms with van der Waals surface area (Å²) < 4.78 is 5.44. The van der Waals surface area contributed by atoms with Gasteiger partial charge in [0.15, 0.2) is 0 Å². The molecule has 0 atom stereocenters. The molecule has 0 spiro atoms. The molecule has 0 bridgehead atoms. The maximum absolute atomic E-state index is 5.44. The number of ether oxygens (including phenoxy) is 1. The molecular formula is C17H28N2O. The van der Waals surface area contributed by atoms with Crippen LogP contribution < -0.4 is 5.32 Å². The van der Waals surface area contributed by atoms with E-state index in [9.17, 15) is 0 Å². The van der Waals surface area contributed by atoms with Crippen molar-refractivity contribution in [3.63, 3.8) is 0 Å². The average molecular weight is 276 g/mol. The Labute approximate surface area is 123 Å². The van der Waals surface area contributed by atoms with Crippen LogP contribution >= 0.6 is 0 Å². The molecular weight excluding hydrogens is 248 g/mol. The van der Waals surface area contributed by atoms with E-state index in [-0.39, 0.29) is 5.60 Å². The van der Waals surface area contributed by atoms with Crippen molar-refractivity contribution in [2.45, 2.75) is 45.3 Å². The number of benzene rings is 1. The van der Waals surface area contributed by atoms with E-state index in [0.29, 0.717) is 0 Å². The lowest BCUT2D eigenvalue weighted by Crippen LogP contribution is -2.25. The van der Waals surface area contributed by atoms with Gasteiger partial charge in [0.05, 0.1) is 5.60 Å². The van der Waals surface area contributed by atoms with Gasteiger partial charge in [0.1, 0.15) is 0 Å². The van der Waals surface area contributed by atoms with E-state index < -0.39 is 0 Å². The smallest absolute Gasteiger partial charge is 0.0639 e. The average Bonchev–Trinajstić information content (AvgIpc) is 2.92. The second-order valence-corrected chi connectivity index (χ2v) is 6.32. The van der Waals surface area contributed by atoms with Crippen LogP contribution in [0.5, 0.6) is 0 Å². The summed E-state index contributed by atoms with van der Waals surface area (Å²) in [6, 6.07) is 8.79. The summed E-state index contributed by atoms with van der Waals surface area (Å²) in [5, 5.41) is 3.50. The Morgan fingerprint density at radius 1 is 1.25 bits per heavy atom. The van der Waals surface area contributed by atoms with E-state index in [4.69, 9.17) is 4.74 Å². The van der Waals surface area contributed by atoms with Crippen LogP contribution in [0.2, 0.25) is 0 Å². The van der Waals surface area contributed by atoms with Crippen molar-refractivity contribution in [1.82, 2.24) is 4.90 Å². The first-order valence-electron chi connectivity index (χ1n) is 7.69. The van der Waals surface area contributed by atoms with Gasteiger partial charge in [0, 0.05) is 25.9 Å². The Balaban J connectivity index is 1.82. The summed E-state index contributed by atoms with van der Waals surface area (Å²) in [6.07, 6.45) is 3.70. The van der Waals surface area contributed by atoms with Gasteiger partial charge in [-0.3, -0.25) is 4.90 Å². The van der Waals surface area contributed by atoms with Gasteiger partial charge in [0.25, 0.3) is 0 Å². The first-order valence-corrected chi connectivity index (χ1v) is 7.69. The molecule has 3 nitrogen and oxygen atoms in total. The molecule has 1 aromatic rings. The van der Waals surface area contributed by atoms with Gasteiger partial charge in [-0.25, -0.2) is 0 Å². The number of methoxy groups -OCH3 is 1. The summed E-state index contributed by atoms with van der Waals surface area (Å²) in [6.45, 7) is 8.77. The standard InChI is InChI=1S/C17H28N2O/c1-17(2,20-3)9-10-18-16-8-6-7-15(13-16)14-19-11-4-5-12-19/h6-8,13,18H,4-5,9-12,14H2,1-3H3. The molecule has 1 aromatic carbocycles. The van der Waals surface area contributed by atoms with Gasteiger partial charge in [0.2, 0.25) is 0 Å². The Morgan fingerprint density at radius 3 is 2.70 bits per heavy atom. The lowest BCUT2D eigenvalue weighted by atomic mass is 10.1. The molecule has 0 radical (unpaired) electrons. The molecule has 0 unspecified atom stereocenters. The zero-order valence-electron chi connectivity index (χ0n) is 13.1. The van der Waals surface area contributed by atoms with Gasteiger partial charge in [-0.1, -0.05) is 12.1 Å². The van der Waals surface area contributed by atoms with Crippen LogP contribution in [0.1, 0.15) is 38.7 Å². The van der Waals surface area contributed by atoms with E-state index in [1.807, 2.05) is 0 Å². The van der Waals surface area contributed by atoms with Crippen molar-refractivity contribution >= 4 is 5.69 Å². The van der Waals surface area contributed by atoms with Gasteiger partial charge < -0.3 is 10.1 Å². The summed E-state index contributed by atoms with van der Waals surface area (Å²) >= 11 is 0. The first kappa shape index (κ1) is 15.3. The molecule has 0 saturated carbocycles. The molecule has 1 N–H and O–H groups in total. The van der Waals surface area contributed by atoms with Crippen molar-refractivity contribution in [1.29, 1.82) is 0 Å². The minimum absolute atomic E-state index is 0.0554. The molecule has 20 heavy (non-hydrogen) atoms. The summed E-state index contributed by atoms with van der Waals surface area (Å²) in [4.78, 5) is 2.53. The summed E-state index contributed by atoms with van der Waals surface area (Å²) in [7, 11) is 1.77. The Morgan fingerprint density at radius 2 is 2.00 bits per heavy atom. The van der Waals surface area contributed by atoms with Crippen LogP contribution in [0.4, 0.5) is 5.69 Å². The number of hydrogen-bond acceptors (Lipinski definition) is 3. The lowest BCUT2D eigenvalue weighted by molar-refractivity contribution is 0.0185. The highest BCUT2D eigenvalue weighted by molar-refractivity contribution is 5.45. The van der Waals surface area contributed by atoms with Crippen LogP contribution in [0.25, 0.3) is 0 Å². The van der Waals surface area contributed by atoms with Crippen LogP contribution in [0.15, 0.2) is 24.3 Å². The van der Waals surface area contributed by atoms with E-state index in [2.05, 4.69) is 48.3 Å². The molecule has 1 aliphatic heterocycles. The van der Waals surface area contributed by atoms with Crippen molar-refractivity contribution in [3.8, 4) is 0 Å². The van der Waals surface area contributed by atoms with Crippen molar-refractivity contribution in [2.24, 2.45) is 0 Å². The Hall–Kier alpha value is -1.06. The lowest BCUT2D eigenvalue weighted by Gasteiger charge is -2.23. The van der Waals surface area contributed by atoms with Gasteiger partial charge >= 0.3 is 0 Å². The maximum Gasteiger partial charge on any atom is 0.0639 e. The molecule has 1 fully saturated rings. The molecule has 3 heteroatoms. The fourth-order valence-corrected chi connectivity index (χ4v) is 2.59. The third-order valence-corrected chi connectivity index (χ3v) is 4.14. The molecule has 1 aliphatic rings. The van der Waals surface area contributed by atoms with Crippen molar-refractivity contribution in [2.75, 3.05) is 32.1 Å². The third-order valence-electron chi connectivity index (χ3n) is 4.14. The number of likely N-dealkylation sites (tertiary alicyclic amines) is 1. The summed E-state index contributed by atoms with van der Waals surface area (Å²) in [5.74, 6) is 0. The quantitative estimate of drug-likeness (QED) is 0.825. The molecule has 0 aliphatic carbocycles. The van der Waals surface area contributed by atoms with Crippen molar-refractivity contribution < 1.29 is 4.74 Å². The van der Waals surface area contributed by atoms with Crippen LogP contribution in [-0.2, 0) is 11.3 Å². The second kappa shape index (κ2) is 7.09. The van der Waals surface area contributed by atoms with Crippen LogP contribution in [0.3, 0.4) is 0 Å². The molecule has 0 amide bonds. The molecule has 112 valence electrons. The van der Waals surface area contributed by atoms with E-state index in [0.717, 1.165) is 19.5 Å². The van der Waals surface area contributed by atoms with E-state index in [1.165, 1.54) is 37.2 Å². The molecule has 2 rings (SSSR count). The van der Waals surface area contributed by atoms with Crippen LogP contribution in [-0.4, -0.2) is 37.2 Å². The Kier molecular flexibility index (Phi) is 5.44. The zero-order valence-corrected chi connectivity index (χ0v) is 13.1. The molecule has 1 saturated heterocycles. The highest BCUT2D eigenvalue weighted by Gasteiger charge is 2.15. The highest BCUT2D eigenvalue weighted by atomic mass is 16.5. The SMILES string of the molecule is COC(C)(C)CCNc1cccc(CN2CCCC2)c1. The van der Waals surface area contributed by atoms with Gasteiger partial charge in [-0.2, -0.15) is 0 Å². The fourth-order valence-electron chi connectivity index (χ4n) is 2.59. The van der Waals surface area contributed by atoms with Crippen LogP contribution in [0, 0.1) is 0 Å². The predicted octanol–water partition coefficient (Wildman–Crippen LogP) is 3.51. The topological polar surface area (TPSA) is 24.5 Å². The largest absolute Gasteiger partial charge is 0.385 e. The van der Waals surface area contributed by atoms with Gasteiger partial charge in [-0.05, 0) is 63.9 Å². The predicted molar refractivity (Wildman–Crippen MR) is 85.1 cm³/mol. The number of nitrogens with zero attached hydrogens (tertiary/aromatic N) is 1.